The van der Waals surface area contributed by atoms with E-state index in [1.165, 1.54) is 0 Å². The molecule has 0 bridgehead atoms. The Balaban J connectivity index is 2.03. The third kappa shape index (κ3) is 3.76. The maximum atomic E-state index is 11.9. The number of nitrogens with one attached hydrogen (secondary N) is 1. The lowest BCUT2D eigenvalue weighted by atomic mass is 9.79. The molecule has 2 aromatic heterocycles. The van der Waals surface area contributed by atoms with Gasteiger partial charge in [0.15, 0.2) is 0 Å². The number of fused-ring (bicyclic) bond motifs is 1. The lowest BCUT2D eigenvalue weighted by Crippen LogP contribution is -2.25. The molecule has 2 N–H and O–H groups in total. The third-order valence-corrected chi connectivity index (χ3v) is 4.88. The average molecular weight is 361 g/mol. The van der Waals surface area contributed by atoms with Crippen LogP contribution in [0, 0.1) is 18.3 Å². The van der Waals surface area contributed by atoms with Gasteiger partial charge in [0.05, 0.1) is 17.2 Å². The summed E-state index contributed by atoms with van der Waals surface area (Å²) >= 11 is 0. The van der Waals surface area contributed by atoms with E-state index in [0.29, 0.717) is 23.2 Å². The van der Waals surface area contributed by atoms with Gasteiger partial charge in [0.2, 0.25) is 0 Å². The van der Waals surface area contributed by atoms with E-state index in [1.807, 2.05) is 43.3 Å². The van der Waals surface area contributed by atoms with Crippen LogP contribution < -0.4 is 5.56 Å². The van der Waals surface area contributed by atoms with Gasteiger partial charge in [-0.25, -0.2) is 0 Å². The van der Waals surface area contributed by atoms with Crippen molar-refractivity contribution < 1.29 is 5.11 Å². The van der Waals surface area contributed by atoms with Crippen LogP contribution in [0.3, 0.4) is 0 Å². The molecule has 3 rings (SSSR count). The fourth-order valence-electron chi connectivity index (χ4n) is 3.14. The van der Waals surface area contributed by atoms with Gasteiger partial charge >= 0.3 is 0 Å². The number of nitriles is 1. The van der Waals surface area contributed by atoms with E-state index in [9.17, 15) is 15.2 Å². The first-order valence-corrected chi connectivity index (χ1v) is 8.87. The maximum Gasteiger partial charge on any atom is 0.251 e. The normalized spacial score (nSPS) is 13.9. The van der Waals surface area contributed by atoms with Crippen LogP contribution in [0.5, 0.6) is 0 Å². The summed E-state index contributed by atoms with van der Waals surface area (Å²) in [6.45, 7) is 7.00. The summed E-state index contributed by atoms with van der Waals surface area (Å²) < 4.78 is 0. The van der Waals surface area contributed by atoms with Gasteiger partial charge in [-0.2, -0.15) is 5.26 Å². The van der Waals surface area contributed by atoms with Crippen LogP contribution in [0.4, 0.5) is 0 Å². The van der Waals surface area contributed by atoms with E-state index in [4.69, 9.17) is 0 Å². The minimum Gasteiger partial charge on any atom is -0.384 e. The highest BCUT2D eigenvalue weighted by Crippen LogP contribution is 2.30. The van der Waals surface area contributed by atoms with Crippen molar-refractivity contribution in [1.29, 1.82) is 5.26 Å². The molecule has 0 aliphatic rings. The van der Waals surface area contributed by atoms with Crippen LogP contribution in [-0.2, 0) is 17.4 Å². The lowest BCUT2D eigenvalue weighted by molar-refractivity contribution is 0.0736. The summed E-state index contributed by atoms with van der Waals surface area (Å²) in [6.07, 6.45) is 0.398. The maximum absolute atomic E-state index is 11.9. The first kappa shape index (κ1) is 18.8. The minimum absolute atomic E-state index is 0.127. The van der Waals surface area contributed by atoms with Gasteiger partial charge in [-0.05, 0) is 62.9 Å². The van der Waals surface area contributed by atoms with Gasteiger partial charge in [-0.3, -0.25) is 9.78 Å². The Morgan fingerprint density at radius 1 is 1.19 bits per heavy atom. The van der Waals surface area contributed by atoms with Crippen molar-refractivity contribution in [3.63, 3.8) is 0 Å². The summed E-state index contributed by atoms with van der Waals surface area (Å²) in [7, 11) is 0. The number of rotatable bonds is 4. The summed E-state index contributed by atoms with van der Waals surface area (Å²) in [5.74, 6) is 0. The monoisotopic (exact) mass is 361 g/mol. The molecule has 0 spiro atoms. The van der Waals surface area contributed by atoms with Gasteiger partial charge < -0.3 is 10.1 Å². The Bertz CT molecular complexity index is 1100. The van der Waals surface area contributed by atoms with Crippen molar-refractivity contribution in [2.24, 2.45) is 0 Å². The molecule has 0 fully saturated rings. The van der Waals surface area contributed by atoms with Gasteiger partial charge in [0.1, 0.15) is 5.60 Å². The number of benzene rings is 1. The van der Waals surface area contributed by atoms with Gasteiger partial charge in [-0.1, -0.05) is 18.2 Å². The smallest absolute Gasteiger partial charge is 0.251 e. The Labute approximate surface area is 158 Å². The number of nitrogens with zero attached hydrogens (tertiary/aromatic N) is 2. The molecule has 2 heterocycles. The Morgan fingerprint density at radius 2 is 1.93 bits per heavy atom. The number of H-pyrrole nitrogens is 1. The molecule has 0 aliphatic carbocycles. The molecule has 1 unspecified atom stereocenters. The Kier molecular flexibility index (Phi) is 4.63. The second-order valence-corrected chi connectivity index (χ2v) is 7.78. The molecule has 0 radical (unpaired) electrons. The van der Waals surface area contributed by atoms with E-state index in [0.717, 1.165) is 16.6 Å². The van der Waals surface area contributed by atoms with Crippen molar-refractivity contribution >= 4 is 10.9 Å². The molecular formula is C22H23N3O2. The zero-order valence-corrected chi connectivity index (χ0v) is 16.0. The van der Waals surface area contributed by atoms with Crippen molar-refractivity contribution in [3.05, 3.63) is 75.3 Å². The number of aliphatic hydroxyl groups is 1. The molecule has 1 atom stereocenters. The molecule has 5 heteroatoms. The summed E-state index contributed by atoms with van der Waals surface area (Å²) in [5.41, 5.74) is 1.49. The zero-order chi connectivity index (χ0) is 19.8. The van der Waals surface area contributed by atoms with Crippen LogP contribution in [0.2, 0.25) is 0 Å². The zero-order valence-electron chi connectivity index (χ0n) is 16.0. The SMILES string of the molecule is Cc1cc2ccc(C(C)(C#N)Cc3cccc(C(C)(C)O)n3)cc2[nH]c1=O. The second kappa shape index (κ2) is 6.64. The van der Waals surface area contributed by atoms with Crippen molar-refractivity contribution in [2.75, 3.05) is 0 Å². The number of aromatic nitrogens is 2. The highest BCUT2D eigenvalue weighted by molar-refractivity contribution is 5.80. The second-order valence-electron chi connectivity index (χ2n) is 7.78. The fraction of sp³-hybridized carbons (Fsp3) is 0.318. The van der Waals surface area contributed by atoms with Crippen molar-refractivity contribution in [2.45, 2.75) is 45.1 Å². The van der Waals surface area contributed by atoms with Crippen LogP contribution in [0.25, 0.3) is 10.9 Å². The molecule has 0 amide bonds. The van der Waals surface area contributed by atoms with E-state index >= 15 is 0 Å². The number of aromatic amines is 1. The molecule has 138 valence electrons. The van der Waals surface area contributed by atoms with Crippen molar-refractivity contribution in [3.8, 4) is 6.07 Å². The highest BCUT2D eigenvalue weighted by Gasteiger charge is 2.29. The number of aryl methyl sites for hydroxylation is 1. The third-order valence-electron chi connectivity index (χ3n) is 4.88. The summed E-state index contributed by atoms with van der Waals surface area (Å²) in [5, 5.41) is 21.0. The molecule has 5 nitrogen and oxygen atoms in total. The Hall–Kier alpha value is -2.97. The number of hydrogen-bond donors (Lipinski definition) is 2. The number of pyridine rings is 2. The first-order valence-electron chi connectivity index (χ1n) is 8.87. The summed E-state index contributed by atoms with van der Waals surface area (Å²) in [6, 6.07) is 15.4. The fourth-order valence-corrected chi connectivity index (χ4v) is 3.14. The lowest BCUT2D eigenvalue weighted by Gasteiger charge is -2.23. The largest absolute Gasteiger partial charge is 0.384 e. The van der Waals surface area contributed by atoms with Gasteiger partial charge in [0, 0.05) is 23.2 Å². The predicted octanol–water partition coefficient (Wildman–Crippen LogP) is 3.48. The summed E-state index contributed by atoms with van der Waals surface area (Å²) in [4.78, 5) is 19.3. The van der Waals surface area contributed by atoms with Crippen LogP contribution in [0.1, 0.15) is 43.3 Å². The predicted molar refractivity (Wildman–Crippen MR) is 105 cm³/mol. The first-order chi connectivity index (χ1) is 12.6. The van der Waals surface area contributed by atoms with Crippen molar-refractivity contribution in [1.82, 2.24) is 9.97 Å². The van der Waals surface area contributed by atoms with Crippen LogP contribution in [-0.4, -0.2) is 15.1 Å². The highest BCUT2D eigenvalue weighted by atomic mass is 16.3. The number of hydrogen-bond acceptors (Lipinski definition) is 4. The average Bonchev–Trinajstić information content (AvgIpc) is 2.61. The van der Waals surface area contributed by atoms with Crippen LogP contribution >= 0.6 is 0 Å². The molecule has 0 saturated carbocycles. The van der Waals surface area contributed by atoms with E-state index in [-0.39, 0.29) is 5.56 Å². The van der Waals surface area contributed by atoms with E-state index in [1.54, 1.807) is 26.8 Å². The van der Waals surface area contributed by atoms with E-state index in [2.05, 4.69) is 16.0 Å². The molecule has 0 saturated heterocycles. The topological polar surface area (TPSA) is 89.8 Å². The van der Waals surface area contributed by atoms with Crippen LogP contribution in [0.15, 0.2) is 47.3 Å². The molecule has 3 aromatic rings. The molecule has 27 heavy (non-hydrogen) atoms. The standard InChI is InChI=1S/C22H23N3O2/c1-14-10-15-8-9-16(11-18(15)25-20(14)26)22(4,13-23)12-17-6-5-7-19(24-17)21(2,3)27/h5-11,27H,12H2,1-4H3,(H,25,26). The molecule has 1 aromatic carbocycles. The molecule has 0 aliphatic heterocycles. The van der Waals surface area contributed by atoms with Gasteiger partial charge in [-0.15, -0.1) is 0 Å². The van der Waals surface area contributed by atoms with Gasteiger partial charge in [0.25, 0.3) is 5.56 Å². The Morgan fingerprint density at radius 3 is 2.59 bits per heavy atom. The molecular weight excluding hydrogens is 338 g/mol. The minimum atomic E-state index is -1.04. The van der Waals surface area contributed by atoms with E-state index < -0.39 is 11.0 Å². The quantitative estimate of drug-likeness (QED) is 0.744.